The number of esters is 1. The van der Waals surface area contributed by atoms with E-state index in [9.17, 15) is 19.5 Å². The number of amides is 1. The van der Waals surface area contributed by atoms with Crippen LogP contribution in [0.3, 0.4) is 0 Å². The molecule has 190 valence electrons. The third kappa shape index (κ3) is 5.01. The first-order valence-corrected chi connectivity index (χ1v) is 11.6. The molecule has 1 N–H and O–H groups in total. The summed E-state index contributed by atoms with van der Waals surface area (Å²) in [5.74, 6) is -1.61. The Hall–Kier alpha value is -4.30. The van der Waals surface area contributed by atoms with E-state index in [1.807, 2.05) is 0 Å². The molecule has 37 heavy (non-hydrogen) atoms. The smallest absolute Gasteiger partial charge is 0.309 e. The first-order chi connectivity index (χ1) is 17.8. The van der Waals surface area contributed by atoms with Crippen LogP contribution in [0.4, 0.5) is 5.69 Å². The Balaban J connectivity index is 1.88. The van der Waals surface area contributed by atoms with E-state index in [1.54, 1.807) is 48.5 Å². The average molecular weight is 522 g/mol. The third-order valence-electron chi connectivity index (χ3n) is 6.07. The Labute approximate surface area is 218 Å². The summed E-state index contributed by atoms with van der Waals surface area (Å²) in [5, 5.41) is 11.6. The number of hydrogen-bond donors (Lipinski definition) is 1. The Morgan fingerprint density at radius 1 is 0.973 bits per heavy atom. The minimum atomic E-state index is -0.955. The molecule has 1 aliphatic rings. The summed E-state index contributed by atoms with van der Waals surface area (Å²) in [5.41, 5.74) is 1.82. The zero-order valence-electron chi connectivity index (χ0n) is 20.4. The van der Waals surface area contributed by atoms with Crippen molar-refractivity contribution in [2.75, 3.05) is 26.2 Å². The number of ketones is 1. The van der Waals surface area contributed by atoms with E-state index in [0.29, 0.717) is 33.3 Å². The second-order valence-electron chi connectivity index (χ2n) is 8.21. The van der Waals surface area contributed by atoms with Crippen molar-refractivity contribution in [3.63, 3.8) is 0 Å². The van der Waals surface area contributed by atoms with Gasteiger partial charge in [0.25, 0.3) is 11.7 Å². The van der Waals surface area contributed by atoms with Crippen LogP contribution < -0.4 is 14.4 Å². The number of hydrogen-bond acceptors (Lipinski definition) is 7. The standard InChI is InChI=1S/C28H24ClNO7/c1-35-20-6-4-5-17(14-20)25-24(26(32)18-9-12-21(29)22(15-18)36-2)27(33)28(34)30(25)19-10-7-16(8-11-19)13-23(31)37-3/h4-12,14-15,25,32H,13H2,1-3H3/b26-24-. The molecule has 3 aromatic carbocycles. The zero-order valence-corrected chi connectivity index (χ0v) is 21.1. The molecule has 1 heterocycles. The van der Waals surface area contributed by atoms with Gasteiger partial charge < -0.3 is 19.3 Å². The van der Waals surface area contributed by atoms with Gasteiger partial charge in [0.15, 0.2) is 0 Å². The van der Waals surface area contributed by atoms with Crippen LogP contribution in [0.2, 0.25) is 5.02 Å². The predicted molar refractivity (Wildman–Crippen MR) is 138 cm³/mol. The van der Waals surface area contributed by atoms with E-state index in [0.717, 1.165) is 0 Å². The van der Waals surface area contributed by atoms with Gasteiger partial charge in [-0.25, -0.2) is 0 Å². The van der Waals surface area contributed by atoms with Gasteiger partial charge >= 0.3 is 5.97 Å². The molecule has 0 aliphatic carbocycles. The summed E-state index contributed by atoms with van der Waals surface area (Å²) < 4.78 is 15.3. The molecule has 4 rings (SSSR count). The molecule has 1 atom stereocenters. The minimum Gasteiger partial charge on any atom is -0.507 e. The summed E-state index contributed by atoms with van der Waals surface area (Å²) in [4.78, 5) is 39.7. The van der Waals surface area contributed by atoms with Gasteiger partial charge in [0, 0.05) is 11.3 Å². The highest BCUT2D eigenvalue weighted by molar-refractivity contribution is 6.51. The highest BCUT2D eigenvalue weighted by atomic mass is 35.5. The predicted octanol–water partition coefficient (Wildman–Crippen LogP) is 4.70. The molecule has 3 aromatic rings. The maximum absolute atomic E-state index is 13.4. The number of aliphatic hydroxyl groups excluding tert-OH is 1. The SMILES string of the molecule is COC(=O)Cc1ccc(N2C(=O)C(=O)/C(=C(\O)c3ccc(Cl)c(OC)c3)C2c2cccc(OC)c2)cc1. The summed E-state index contributed by atoms with van der Waals surface area (Å²) in [6.45, 7) is 0. The molecule has 0 bridgehead atoms. The minimum absolute atomic E-state index is 0.0628. The van der Waals surface area contributed by atoms with Crippen molar-refractivity contribution in [1.29, 1.82) is 0 Å². The topological polar surface area (TPSA) is 102 Å². The molecule has 1 aliphatic heterocycles. The van der Waals surface area contributed by atoms with Crippen LogP contribution in [0.5, 0.6) is 11.5 Å². The molecule has 1 unspecified atom stereocenters. The summed E-state index contributed by atoms with van der Waals surface area (Å²) in [6, 6.07) is 17.2. The first-order valence-electron chi connectivity index (χ1n) is 11.2. The number of Topliss-reactive ketones (excluding diaryl/α,β-unsaturated/α-hetero) is 1. The van der Waals surface area contributed by atoms with Crippen molar-refractivity contribution in [3.05, 3.63) is 94.0 Å². The molecule has 0 radical (unpaired) electrons. The molecule has 0 aromatic heterocycles. The first kappa shape index (κ1) is 25.8. The Kier molecular flexibility index (Phi) is 7.50. The number of benzene rings is 3. The summed E-state index contributed by atoms with van der Waals surface area (Å²) >= 11 is 6.13. The highest BCUT2D eigenvalue weighted by Crippen LogP contribution is 2.43. The number of ether oxygens (including phenoxy) is 3. The molecule has 8 nitrogen and oxygen atoms in total. The molecule has 1 amide bonds. The second kappa shape index (κ2) is 10.8. The van der Waals surface area contributed by atoms with Crippen molar-refractivity contribution in [2.24, 2.45) is 0 Å². The van der Waals surface area contributed by atoms with Crippen LogP contribution in [0.25, 0.3) is 5.76 Å². The highest BCUT2D eigenvalue weighted by Gasteiger charge is 2.47. The normalized spacial score (nSPS) is 16.5. The maximum Gasteiger partial charge on any atom is 0.309 e. The van der Waals surface area contributed by atoms with Gasteiger partial charge in [-0.15, -0.1) is 0 Å². The third-order valence-corrected chi connectivity index (χ3v) is 6.38. The number of nitrogens with zero attached hydrogens (tertiary/aromatic N) is 1. The largest absolute Gasteiger partial charge is 0.507 e. The van der Waals surface area contributed by atoms with Crippen molar-refractivity contribution < 1.29 is 33.7 Å². The molecule has 9 heteroatoms. The van der Waals surface area contributed by atoms with Crippen molar-refractivity contribution in [1.82, 2.24) is 0 Å². The van der Waals surface area contributed by atoms with Crippen LogP contribution in [-0.4, -0.2) is 44.1 Å². The van der Waals surface area contributed by atoms with Crippen molar-refractivity contribution in [2.45, 2.75) is 12.5 Å². The van der Waals surface area contributed by atoms with Gasteiger partial charge in [-0.05, 0) is 53.6 Å². The van der Waals surface area contributed by atoms with E-state index in [1.165, 1.54) is 44.4 Å². The van der Waals surface area contributed by atoms with Gasteiger partial charge in [0.1, 0.15) is 17.3 Å². The number of anilines is 1. The van der Waals surface area contributed by atoms with Crippen LogP contribution in [0, 0.1) is 0 Å². The molecule has 0 saturated carbocycles. The van der Waals surface area contributed by atoms with Crippen LogP contribution in [0.15, 0.2) is 72.3 Å². The average Bonchev–Trinajstić information content (AvgIpc) is 3.19. The monoisotopic (exact) mass is 521 g/mol. The number of methoxy groups -OCH3 is 3. The van der Waals surface area contributed by atoms with Crippen molar-refractivity contribution in [3.8, 4) is 11.5 Å². The fraction of sp³-hybridized carbons (Fsp3) is 0.179. The van der Waals surface area contributed by atoms with E-state index in [4.69, 9.17) is 25.8 Å². The lowest BCUT2D eigenvalue weighted by Gasteiger charge is -2.26. The number of carbonyl (C=O) groups excluding carboxylic acids is 3. The van der Waals surface area contributed by atoms with Crippen LogP contribution >= 0.6 is 11.6 Å². The van der Waals surface area contributed by atoms with Gasteiger partial charge in [-0.1, -0.05) is 35.9 Å². The van der Waals surface area contributed by atoms with Gasteiger partial charge in [-0.2, -0.15) is 0 Å². The lowest BCUT2D eigenvalue weighted by atomic mass is 9.95. The van der Waals surface area contributed by atoms with Crippen LogP contribution in [0.1, 0.15) is 22.7 Å². The van der Waals surface area contributed by atoms with E-state index in [2.05, 4.69) is 0 Å². The molecular weight excluding hydrogens is 498 g/mol. The second-order valence-corrected chi connectivity index (χ2v) is 8.62. The number of aliphatic hydroxyl groups is 1. The number of halogens is 1. The van der Waals surface area contributed by atoms with Crippen molar-refractivity contribution >= 4 is 40.7 Å². The van der Waals surface area contributed by atoms with Crippen LogP contribution in [-0.2, 0) is 25.5 Å². The Bertz CT molecular complexity index is 1400. The molecule has 1 fully saturated rings. The van der Waals surface area contributed by atoms with E-state index >= 15 is 0 Å². The van der Waals surface area contributed by atoms with Gasteiger partial charge in [0.2, 0.25) is 0 Å². The quantitative estimate of drug-likeness (QED) is 0.208. The molecule has 1 saturated heterocycles. The van der Waals surface area contributed by atoms with Gasteiger partial charge in [0.05, 0.1) is 44.4 Å². The summed E-state index contributed by atoms with van der Waals surface area (Å²) in [6.07, 6.45) is 0.0628. The fourth-order valence-electron chi connectivity index (χ4n) is 4.20. The van der Waals surface area contributed by atoms with Gasteiger partial charge in [-0.3, -0.25) is 19.3 Å². The zero-order chi connectivity index (χ0) is 26.7. The molecular formula is C28H24ClNO7. The van der Waals surface area contributed by atoms with E-state index < -0.39 is 23.7 Å². The number of rotatable bonds is 7. The Morgan fingerprint density at radius 3 is 2.35 bits per heavy atom. The lowest BCUT2D eigenvalue weighted by Crippen LogP contribution is -2.29. The molecule has 0 spiro atoms. The van der Waals surface area contributed by atoms with E-state index in [-0.39, 0.29) is 23.3 Å². The fourth-order valence-corrected chi connectivity index (χ4v) is 4.40. The Morgan fingerprint density at radius 2 is 1.70 bits per heavy atom. The maximum atomic E-state index is 13.4. The summed E-state index contributed by atoms with van der Waals surface area (Å²) in [7, 11) is 4.25. The number of carbonyl (C=O) groups is 3. The lowest BCUT2D eigenvalue weighted by molar-refractivity contribution is -0.139.